The van der Waals surface area contributed by atoms with Gasteiger partial charge in [-0.2, -0.15) is 11.8 Å². The van der Waals surface area contributed by atoms with Crippen molar-refractivity contribution in [1.82, 2.24) is 9.97 Å². The molecule has 0 aliphatic rings. The van der Waals surface area contributed by atoms with E-state index < -0.39 is 0 Å². The summed E-state index contributed by atoms with van der Waals surface area (Å²) >= 11 is 1.85. The lowest BCUT2D eigenvalue weighted by Gasteiger charge is -2.14. The van der Waals surface area contributed by atoms with E-state index in [1.165, 1.54) is 0 Å². The van der Waals surface area contributed by atoms with E-state index in [2.05, 4.69) is 54.6 Å². The highest BCUT2D eigenvalue weighted by Gasteiger charge is 2.08. The molecule has 1 rings (SSSR count). The van der Waals surface area contributed by atoms with Crippen LogP contribution in [-0.4, -0.2) is 34.6 Å². The normalized spacial score (nSPS) is 12.5. The maximum absolute atomic E-state index is 4.58. The smallest absolute Gasteiger partial charge is 0.135 e. The molecule has 2 N–H and O–H groups in total. The molecule has 0 radical (unpaired) electrons. The van der Waals surface area contributed by atoms with Gasteiger partial charge in [0.05, 0.1) is 0 Å². The molecule has 0 saturated carbocycles. The Morgan fingerprint density at radius 1 is 1.16 bits per heavy atom. The monoisotopic (exact) mass is 282 g/mol. The summed E-state index contributed by atoms with van der Waals surface area (Å²) in [4.78, 5) is 9.13. The van der Waals surface area contributed by atoms with Crippen LogP contribution in [0.1, 0.15) is 45.9 Å². The Balaban J connectivity index is 2.80. The van der Waals surface area contributed by atoms with Crippen LogP contribution in [0.25, 0.3) is 0 Å². The van der Waals surface area contributed by atoms with Crippen LogP contribution in [0.5, 0.6) is 0 Å². The molecule has 1 aromatic heterocycles. The van der Waals surface area contributed by atoms with Gasteiger partial charge in [0, 0.05) is 30.3 Å². The molecule has 1 unspecified atom stereocenters. The summed E-state index contributed by atoms with van der Waals surface area (Å²) in [6, 6.07) is 1.99. The average Bonchev–Trinajstić information content (AvgIpc) is 2.42. The predicted octanol–water partition coefficient (Wildman–Crippen LogP) is 3.59. The van der Waals surface area contributed by atoms with Crippen LogP contribution in [-0.2, 0) is 0 Å². The van der Waals surface area contributed by atoms with Gasteiger partial charge >= 0.3 is 0 Å². The molecule has 1 atom stereocenters. The van der Waals surface area contributed by atoms with Gasteiger partial charge in [0.2, 0.25) is 0 Å². The first-order valence-electron chi connectivity index (χ1n) is 6.96. The molecule has 0 aromatic carbocycles. The third-order valence-electron chi connectivity index (χ3n) is 2.79. The van der Waals surface area contributed by atoms with E-state index >= 15 is 0 Å². The van der Waals surface area contributed by atoms with Crippen molar-refractivity contribution in [3.05, 3.63) is 11.9 Å². The van der Waals surface area contributed by atoms with Crippen molar-refractivity contribution in [1.29, 1.82) is 0 Å². The Morgan fingerprint density at radius 3 is 2.32 bits per heavy atom. The van der Waals surface area contributed by atoms with E-state index in [9.17, 15) is 0 Å². The van der Waals surface area contributed by atoms with Gasteiger partial charge in [-0.15, -0.1) is 0 Å². The Labute approximate surface area is 121 Å². The lowest BCUT2D eigenvalue weighted by atomic mass is 10.2. The van der Waals surface area contributed by atoms with E-state index in [4.69, 9.17) is 0 Å². The van der Waals surface area contributed by atoms with E-state index in [1.807, 2.05) is 17.8 Å². The molecule has 1 aromatic rings. The molecular weight excluding hydrogens is 256 g/mol. The number of aromatic nitrogens is 2. The first-order chi connectivity index (χ1) is 9.06. The molecule has 108 valence electrons. The summed E-state index contributed by atoms with van der Waals surface area (Å²) < 4.78 is 0. The number of nitrogens with zero attached hydrogens (tertiary/aromatic N) is 2. The largest absolute Gasteiger partial charge is 0.370 e. The Hall–Kier alpha value is -0.970. The van der Waals surface area contributed by atoms with Crippen molar-refractivity contribution < 1.29 is 0 Å². The average molecular weight is 282 g/mol. The lowest BCUT2D eigenvalue weighted by molar-refractivity contribution is 0.773. The topological polar surface area (TPSA) is 49.8 Å². The van der Waals surface area contributed by atoms with Gasteiger partial charge in [0.25, 0.3) is 0 Å². The summed E-state index contributed by atoms with van der Waals surface area (Å²) in [5, 5.41) is 7.30. The third-order valence-corrected chi connectivity index (χ3v) is 3.76. The molecule has 0 bridgehead atoms. The molecule has 0 spiro atoms. The maximum Gasteiger partial charge on any atom is 0.135 e. The second kappa shape index (κ2) is 8.25. The van der Waals surface area contributed by atoms with E-state index in [0.717, 1.165) is 37.0 Å². The molecular formula is C14H26N4S. The van der Waals surface area contributed by atoms with Crippen molar-refractivity contribution in [3.8, 4) is 0 Å². The molecule has 0 aliphatic carbocycles. The Bertz CT molecular complexity index is 382. The van der Waals surface area contributed by atoms with E-state index in [0.29, 0.717) is 11.2 Å². The maximum atomic E-state index is 4.58. The second-order valence-electron chi connectivity index (χ2n) is 5.01. The van der Waals surface area contributed by atoms with Gasteiger partial charge in [0.1, 0.15) is 17.5 Å². The van der Waals surface area contributed by atoms with Gasteiger partial charge in [0.15, 0.2) is 0 Å². The highest BCUT2D eigenvalue weighted by Crippen LogP contribution is 2.17. The number of hydrogen-bond acceptors (Lipinski definition) is 5. The predicted molar refractivity (Wildman–Crippen MR) is 86.4 cm³/mol. The first kappa shape index (κ1) is 16.1. The van der Waals surface area contributed by atoms with Gasteiger partial charge in [-0.05, 0) is 12.7 Å². The number of nitrogens with one attached hydrogen (secondary N) is 2. The minimum Gasteiger partial charge on any atom is -0.370 e. The zero-order valence-electron chi connectivity index (χ0n) is 12.7. The van der Waals surface area contributed by atoms with Gasteiger partial charge < -0.3 is 10.6 Å². The van der Waals surface area contributed by atoms with Crippen molar-refractivity contribution in [3.63, 3.8) is 0 Å². The van der Waals surface area contributed by atoms with Crippen molar-refractivity contribution in [2.24, 2.45) is 0 Å². The fourth-order valence-corrected chi connectivity index (χ4v) is 1.74. The Morgan fingerprint density at radius 2 is 1.79 bits per heavy atom. The minimum absolute atomic E-state index is 0.335. The number of anilines is 2. The summed E-state index contributed by atoms with van der Waals surface area (Å²) in [5.74, 6) is 3.06. The molecule has 4 nitrogen and oxygen atoms in total. The molecule has 0 saturated heterocycles. The van der Waals surface area contributed by atoms with Crippen LogP contribution in [0.2, 0.25) is 0 Å². The Kier molecular flexibility index (Phi) is 6.99. The second-order valence-corrected chi connectivity index (χ2v) is 6.28. The minimum atomic E-state index is 0.335. The standard InChI is InChI=1S/C14H26N4S/c1-6-7-15-12-8-13(16-9-11(4)19-5)18-14(17-12)10(2)3/h8,10-11H,6-7,9H2,1-5H3,(H2,15,16,17,18). The highest BCUT2D eigenvalue weighted by molar-refractivity contribution is 7.99. The molecule has 0 fully saturated rings. The molecule has 0 aliphatic heterocycles. The van der Waals surface area contributed by atoms with Crippen molar-refractivity contribution >= 4 is 23.4 Å². The van der Waals surface area contributed by atoms with Crippen LogP contribution in [0.3, 0.4) is 0 Å². The fourth-order valence-electron chi connectivity index (χ4n) is 1.49. The van der Waals surface area contributed by atoms with Crippen LogP contribution in [0.4, 0.5) is 11.6 Å². The quantitative estimate of drug-likeness (QED) is 0.763. The van der Waals surface area contributed by atoms with Crippen LogP contribution >= 0.6 is 11.8 Å². The van der Waals surface area contributed by atoms with Crippen molar-refractivity contribution in [2.75, 3.05) is 30.0 Å². The number of rotatable bonds is 8. The summed E-state index contributed by atoms with van der Waals surface area (Å²) in [7, 11) is 0. The number of hydrogen-bond donors (Lipinski definition) is 2. The summed E-state index contributed by atoms with van der Waals surface area (Å²) in [6.45, 7) is 10.5. The fraction of sp³-hybridized carbons (Fsp3) is 0.714. The number of thioether (sulfide) groups is 1. The molecule has 1 heterocycles. The zero-order chi connectivity index (χ0) is 14.3. The molecule has 5 heteroatoms. The van der Waals surface area contributed by atoms with Gasteiger partial charge in [-0.25, -0.2) is 9.97 Å². The highest BCUT2D eigenvalue weighted by atomic mass is 32.2. The summed E-state index contributed by atoms with van der Waals surface area (Å²) in [5.41, 5.74) is 0. The van der Waals surface area contributed by atoms with Gasteiger partial charge in [-0.3, -0.25) is 0 Å². The first-order valence-corrected chi connectivity index (χ1v) is 8.25. The molecule has 0 amide bonds. The van der Waals surface area contributed by atoms with Crippen LogP contribution < -0.4 is 10.6 Å². The third kappa shape index (κ3) is 5.68. The van der Waals surface area contributed by atoms with Crippen LogP contribution in [0, 0.1) is 0 Å². The zero-order valence-corrected chi connectivity index (χ0v) is 13.5. The van der Waals surface area contributed by atoms with E-state index in [1.54, 1.807) is 0 Å². The van der Waals surface area contributed by atoms with Crippen LogP contribution in [0.15, 0.2) is 6.07 Å². The molecule has 19 heavy (non-hydrogen) atoms. The summed E-state index contributed by atoms with van der Waals surface area (Å²) in [6.07, 6.45) is 3.22. The van der Waals surface area contributed by atoms with Crippen molar-refractivity contribution in [2.45, 2.75) is 45.3 Å². The van der Waals surface area contributed by atoms with E-state index in [-0.39, 0.29) is 0 Å². The SMILES string of the molecule is CCCNc1cc(NCC(C)SC)nc(C(C)C)n1. The van der Waals surface area contributed by atoms with Gasteiger partial charge in [-0.1, -0.05) is 27.7 Å². The lowest BCUT2D eigenvalue weighted by Crippen LogP contribution is -2.15.